The summed E-state index contributed by atoms with van der Waals surface area (Å²) in [5, 5.41) is 13.4. The van der Waals surface area contributed by atoms with Gasteiger partial charge in [0.05, 0.1) is 11.6 Å². The van der Waals surface area contributed by atoms with Crippen LogP contribution in [0.3, 0.4) is 0 Å². The molecule has 0 heterocycles. The summed E-state index contributed by atoms with van der Waals surface area (Å²) in [5.74, 6) is -3.11. The van der Waals surface area contributed by atoms with Crippen molar-refractivity contribution in [2.75, 3.05) is 11.9 Å². The maximum atomic E-state index is 13.5. The van der Waals surface area contributed by atoms with Gasteiger partial charge < -0.3 is 15.7 Å². The minimum Gasteiger partial charge on any atom is -0.481 e. The molecular weight excluding hydrogens is 282 g/mol. The molecule has 0 fully saturated rings. The first-order valence-electron chi connectivity index (χ1n) is 6.58. The first-order valence-corrected chi connectivity index (χ1v) is 6.58. The number of aryl methyl sites for hydroxylation is 1. The van der Waals surface area contributed by atoms with Crippen molar-refractivity contribution in [2.24, 2.45) is 5.92 Å². The Balaban J connectivity index is 2.62. The number of anilines is 1. The highest BCUT2D eigenvalue weighted by atomic mass is 19.1. The van der Waals surface area contributed by atoms with Crippen LogP contribution in [0.2, 0.25) is 0 Å². The lowest BCUT2D eigenvalue weighted by Gasteiger charge is -2.13. The molecule has 0 spiro atoms. The number of rotatable bonds is 6. The van der Waals surface area contributed by atoms with Crippen LogP contribution in [0.5, 0.6) is 0 Å². The molecule has 0 aromatic heterocycles. The molecule has 3 N–H and O–H groups in total. The number of carboxylic acids is 1. The van der Waals surface area contributed by atoms with E-state index in [0.717, 1.165) is 12.1 Å². The zero-order valence-corrected chi connectivity index (χ0v) is 11.9. The molecule has 0 saturated carbocycles. The molecule has 1 aromatic carbocycles. The van der Waals surface area contributed by atoms with E-state index >= 15 is 0 Å². The van der Waals surface area contributed by atoms with Crippen molar-refractivity contribution in [2.45, 2.75) is 26.7 Å². The second-order valence-electron chi connectivity index (χ2n) is 4.74. The fourth-order valence-electron chi connectivity index (χ4n) is 1.79. The molecule has 1 unspecified atom stereocenters. The van der Waals surface area contributed by atoms with Crippen molar-refractivity contribution in [1.29, 1.82) is 0 Å². The number of halogens is 2. The van der Waals surface area contributed by atoms with Gasteiger partial charge in [-0.1, -0.05) is 13.3 Å². The molecule has 1 aromatic rings. The Hall–Kier alpha value is -2.18. The van der Waals surface area contributed by atoms with E-state index < -0.39 is 29.6 Å². The quantitative estimate of drug-likeness (QED) is 0.756. The first kappa shape index (κ1) is 16.9. The third kappa shape index (κ3) is 5.02. The molecule has 2 amide bonds. The maximum absolute atomic E-state index is 13.5. The van der Waals surface area contributed by atoms with E-state index in [4.69, 9.17) is 5.11 Å². The SMILES string of the molecule is CCCC(CNC(=O)Nc1cc(F)c(C)cc1F)C(=O)O. The van der Waals surface area contributed by atoms with Crippen LogP contribution in [-0.2, 0) is 4.79 Å². The molecule has 1 atom stereocenters. The highest BCUT2D eigenvalue weighted by molar-refractivity contribution is 5.89. The summed E-state index contributed by atoms with van der Waals surface area (Å²) >= 11 is 0. The molecule has 21 heavy (non-hydrogen) atoms. The smallest absolute Gasteiger partial charge is 0.319 e. The third-order valence-electron chi connectivity index (χ3n) is 2.99. The van der Waals surface area contributed by atoms with Gasteiger partial charge in [-0.05, 0) is 25.0 Å². The van der Waals surface area contributed by atoms with E-state index in [1.54, 1.807) is 0 Å². The second kappa shape index (κ2) is 7.56. The lowest BCUT2D eigenvalue weighted by Crippen LogP contribution is -2.36. The molecule has 0 aliphatic rings. The van der Waals surface area contributed by atoms with Gasteiger partial charge in [0, 0.05) is 12.6 Å². The van der Waals surface area contributed by atoms with Crippen molar-refractivity contribution in [3.05, 3.63) is 29.3 Å². The van der Waals surface area contributed by atoms with E-state index in [1.807, 2.05) is 6.92 Å². The molecule has 116 valence electrons. The van der Waals surface area contributed by atoms with Gasteiger partial charge in [0.1, 0.15) is 11.6 Å². The molecule has 5 nitrogen and oxygen atoms in total. The lowest BCUT2D eigenvalue weighted by atomic mass is 10.0. The number of hydrogen-bond donors (Lipinski definition) is 3. The van der Waals surface area contributed by atoms with Crippen LogP contribution in [0.15, 0.2) is 12.1 Å². The molecule has 0 aliphatic heterocycles. The van der Waals surface area contributed by atoms with E-state index in [-0.39, 0.29) is 17.8 Å². The Morgan fingerprint density at radius 2 is 1.95 bits per heavy atom. The van der Waals surface area contributed by atoms with E-state index in [0.29, 0.717) is 12.8 Å². The van der Waals surface area contributed by atoms with Crippen molar-refractivity contribution in [3.63, 3.8) is 0 Å². The summed E-state index contributed by atoms with van der Waals surface area (Å²) in [6.07, 6.45) is 1.08. The van der Waals surface area contributed by atoms with Crippen LogP contribution >= 0.6 is 0 Å². The summed E-state index contributed by atoms with van der Waals surface area (Å²) < 4.78 is 26.8. The van der Waals surface area contributed by atoms with Gasteiger partial charge in [0.15, 0.2) is 0 Å². The van der Waals surface area contributed by atoms with E-state index in [1.165, 1.54) is 6.92 Å². The predicted molar refractivity (Wildman–Crippen MR) is 74.2 cm³/mol. The number of amides is 2. The monoisotopic (exact) mass is 300 g/mol. The average molecular weight is 300 g/mol. The van der Waals surface area contributed by atoms with Crippen LogP contribution < -0.4 is 10.6 Å². The van der Waals surface area contributed by atoms with E-state index in [2.05, 4.69) is 10.6 Å². The largest absolute Gasteiger partial charge is 0.481 e. The van der Waals surface area contributed by atoms with Crippen LogP contribution in [0.4, 0.5) is 19.3 Å². The normalized spacial score (nSPS) is 11.8. The number of carbonyl (C=O) groups is 2. The highest BCUT2D eigenvalue weighted by Crippen LogP contribution is 2.18. The zero-order valence-electron chi connectivity index (χ0n) is 11.9. The molecule has 7 heteroatoms. The first-order chi connectivity index (χ1) is 9.85. The minimum absolute atomic E-state index is 0.0784. The standard InChI is InChI=1S/C14H18F2N2O3/c1-3-4-9(13(19)20)7-17-14(21)18-12-6-10(15)8(2)5-11(12)16/h5-6,9H,3-4,7H2,1-2H3,(H,19,20)(H2,17,18,21). The molecular formula is C14H18F2N2O3. The number of hydrogen-bond acceptors (Lipinski definition) is 2. The highest BCUT2D eigenvalue weighted by Gasteiger charge is 2.17. The van der Waals surface area contributed by atoms with Crippen molar-refractivity contribution >= 4 is 17.7 Å². The summed E-state index contributed by atoms with van der Waals surface area (Å²) in [6.45, 7) is 3.16. The maximum Gasteiger partial charge on any atom is 0.319 e. The number of carboxylic acid groups (broad SMARTS) is 1. The Bertz CT molecular complexity index is 535. The number of nitrogens with one attached hydrogen (secondary N) is 2. The molecule has 1 rings (SSSR count). The molecule has 0 saturated heterocycles. The van der Waals surface area contributed by atoms with Crippen LogP contribution in [-0.4, -0.2) is 23.7 Å². The average Bonchev–Trinajstić information content (AvgIpc) is 2.40. The molecule has 0 aliphatic carbocycles. The van der Waals surface area contributed by atoms with Gasteiger partial charge in [-0.2, -0.15) is 0 Å². The van der Waals surface area contributed by atoms with Gasteiger partial charge >= 0.3 is 12.0 Å². The van der Waals surface area contributed by atoms with Gasteiger partial charge in [-0.25, -0.2) is 13.6 Å². The Morgan fingerprint density at radius 3 is 2.52 bits per heavy atom. The van der Waals surface area contributed by atoms with Crippen LogP contribution in [0, 0.1) is 24.5 Å². The van der Waals surface area contributed by atoms with Gasteiger partial charge in [-0.3, -0.25) is 4.79 Å². The fourth-order valence-corrected chi connectivity index (χ4v) is 1.79. The summed E-state index contributed by atoms with van der Waals surface area (Å²) in [5.41, 5.74) is -0.162. The minimum atomic E-state index is -1.01. The summed E-state index contributed by atoms with van der Waals surface area (Å²) in [4.78, 5) is 22.5. The number of carbonyl (C=O) groups excluding carboxylic acids is 1. The predicted octanol–water partition coefficient (Wildman–Crippen LogP) is 2.90. The number of aliphatic carboxylic acids is 1. The summed E-state index contributed by atoms with van der Waals surface area (Å²) in [6, 6.07) is 1.08. The third-order valence-corrected chi connectivity index (χ3v) is 2.99. The second-order valence-corrected chi connectivity index (χ2v) is 4.74. The van der Waals surface area contributed by atoms with Crippen LogP contribution in [0.25, 0.3) is 0 Å². The topological polar surface area (TPSA) is 78.4 Å². The van der Waals surface area contributed by atoms with Crippen molar-refractivity contribution < 1.29 is 23.5 Å². The van der Waals surface area contributed by atoms with Crippen molar-refractivity contribution in [1.82, 2.24) is 5.32 Å². The number of benzene rings is 1. The van der Waals surface area contributed by atoms with Crippen molar-refractivity contribution in [3.8, 4) is 0 Å². The lowest BCUT2D eigenvalue weighted by molar-refractivity contribution is -0.141. The van der Waals surface area contributed by atoms with Gasteiger partial charge in [0.2, 0.25) is 0 Å². The van der Waals surface area contributed by atoms with E-state index in [9.17, 15) is 18.4 Å². The zero-order chi connectivity index (χ0) is 16.0. The molecule has 0 bridgehead atoms. The van der Waals surface area contributed by atoms with Gasteiger partial charge in [-0.15, -0.1) is 0 Å². The Kier molecular flexibility index (Phi) is 6.08. The fraction of sp³-hybridized carbons (Fsp3) is 0.429. The van der Waals surface area contributed by atoms with Gasteiger partial charge in [0.25, 0.3) is 0 Å². The Labute approximate surface area is 121 Å². The number of urea groups is 1. The Morgan fingerprint density at radius 1 is 1.29 bits per heavy atom. The van der Waals surface area contributed by atoms with Crippen LogP contribution in [0.1, 0.15) is 25.3 Å². The molecule has 0 radical (unpaired) electrons. The summed E-state index contributed by atoms with van der Waals surface area (Å²) in [7, 11) is 0.